The van der Waals surface area contributed by atoms with E-state index in [9.17, 15) is 0 Å². The Morgan fingerprint density at radius 1 is 1.20 bits per heavy atom. The molecule has 0 aliphatic carbocycles. The highest BCUT2D eigenvalue weighted by Gasteiger charge is 2.56. The number of rotatable bonds is 5. The Bertz CT molecular complexity index is 927. The van der Waals surface area contributed by atoms with Crippen molar-refractivity contribution in [3.05, 3.63) is 18.6 Å². The molecule has 0 spiro atoms. The van der Waals surface area contributed by atoms with Crippen LogP contribution < -0.4 is 0 Å². The minimum Gasteiger partial charge on any atom is -0.414 e. The Kier molecular flexibility index (Phi) is 5.60. The van der Waals surface area contributed by atoms with Crippen LogP contribution >= 0.6 is 11.8 Å². The first-order valence-electron chi connectivity index (χ1n) is 10.4. The standard InChI is InChI=1S/C21H33N3O4SSi/c1-20(2,3)30(7,8)25-11-14-15-16(28-21(4,5)27-15)19(26-14)24-10-9-13-17(24)22-12-23-18(13)29-6/h9-10,12,14-16,19H,11H2,1-8H3/t14-,15-,16-,19+/m1/s1. The molecule has 4 rings (SSSR count). The Labute approximate surface area is 184 Å². The molecule has 0 bridgehead atoms. The summed E-state index contributed by atoms with van der Waals surface area (Å²) in [4.78, 5) is 8.90. The fraction of sp³-hybridized carbons (Fsp3) is 0.714. The molecule has 2 saturated heterocycles. The summed E-state index contributed by atoms with van der Waals surface area (Å²) in [7, 11) is -1.90. The molecule has 2 aliphatic heterocycles. The number of ether oxygens (including phenoxy) is 3. The summed E-state index contributed by atoms with van der Waals surface area (Å²) in [6.07, 6.45) is 4.69. The lowest BCUT2D eigenvalue weighted by atomic mass is 10.1. The van der Waals surface area contributed by atoms with E-state index in [4.69, 9.17) is 18.6 Å². The van der Waals surface area contributed by atoms with Gasteiger partial charge in [-0.25, -0.2) is 9.97 Å². The summed E-state index contributed by atoms with van der Waals surface area (Å²) in [6.45, 7) is 15.7. The van der Waals surface area contributed by atoms with Crippen molar-refractivity contribution in [2.75, 3.05) is 12.9 Å². The van der Waals surface area contributed by atoms with Crippen molar-refractivity contribution in [1.82, 2.24) is 14.5 Å². The van der Waals surface area contributed by atoms with Gasteiger partial charge in [-0.05, 0) is 44.3 Å². The molecule has 4 heterocycles. The average molecular weight is 452 g/mol. The summed E-state index contributed by atoms with van der Waals surface area (Å²) in [5.74, 6) is -0.658. The summed E-state index contributed by atoms with van der Waals surface area (Å²) in [5.41, 5.74) is 0.845. The first-order chi connectivity index (χ1) is 13.9. The van der Waals surface area contributed by atoms with Crippen LogP contribution in [0.15, 0.2) is 23.6 Å². The van der Waals surface area contributed by atoms with Crippen molar-refractivity contribution in [1.29, 1.82) is 0 Å². The molecular formula is C21H33N3O4SSi. The second-order valence-electron chi connectivity index (χ2n) is 10.0. The lowest BCUT2D eigenvalue weighted by Gasteiger charge is -2.37. The third-order valence-electron chi connectivity index (χ3n) is 6.48. The number of hydrogen-bond donors (Lipinski definition) is 0. The zero-order valence-corrected chi connectivity index (χ0v) is 20.9. The molecule has 0 radical (unpaired) electrons. The molecule has 0 aromatic carbocycles. The molecule has 30 heavy (non-hydrogen) atoms. The zero-order chi connectivity index (χ0) is 21.9. The van der Waals surface area contributed by atoms with Crippen LogP contribution in [0.4, 0.5) is 0 Å². The van der Waals surface area contributed by atoms with Gasteiger partial charge in [-0.2, -0.15) is 0 Å². The molecule has 0 amide bonds. The maximum absolute atomic E-state index is 6.50. The zero-order valence-electron chi connectivity index (χ0n) is 19.1. The molecule has 2 aromatic heterocycles. The first-order valence-corrected chi connectivity index (χ1v) is 14.6. The van der Waals surface area contributed by atoms with Gasteiger partial charge in [0.2, 0.25) is 0 Å². The third-order valence-corrected chi connectivity index (χ3v) is 11.7. The number of thioether (sulfide) groups is 1. The number of aromatic nitrogens is 3. The molecule has 0 N–H and O–H groups in total. The number of nitrogens with zero attached hydrogens (tertiary/aromatic N) is 3. The molecule has 4 atom stereocenters. The summed E-state index contributed by atoms with van der Waals surface area (Å²) < 4.78 is 27.6. The second kappa shape index (κ2) is 7.56. The van der Waals surface area contributed by atoms with E-state index in [1.165, 1.54) is 0 Å². The molecule has 7 nitrogen and oxygen atoms in total. The van der Waals surface area contributed by atoms with E-state index in [-0.39, 0.29) is 29.6 Å². The van der Waals surface area contributed by atoms with Crippen molar-refractivity contribution in [3.63, 3.8) is 0 Å². The molecule has 2 aliphatic rings. The molecule has 166 valence electrons. The highest BCUT2D eigenvalue weighted by molar-refractivity contribution is 7.98. The van der Waals surface area contributed by atoms with E-state index >= 15 is 0 Å². The Hall–Kier alpha value is -0.973. The van der Waals surface area contributed by atoms with Crippen molar-refractivity contribution >= 4 is 31.1 Å². The average Bonchev–Trinajstić information content (AvgIpc) is 3.29. The van der Waals surface area contributed by atoms with E-state index < -0.39 is 14.1 Å². The van der Waals surface area contributed by atoms with Gasteiger partial charge in [-0.3, -0.25) is 0 Å². The summed E-state index contributed by atoms with van der Waals surface area (Å²) >= 11 is 1.61. The van der Waals surface area contributed by atoms with Crippen LogP contribution in [0.3, 0.4) is 0 Å². The van der Waals surface area contributed by atoms with Crippen LogP contribution in [0.5, 0.6) is 0 Å². The first kappa shape index (κ1) is 22.2. The van der Waals surface area contributed by atoms with Gasteiger partial charge in [0, 0.05) is 6.20 Å². The Balaban J connectivity index is 1.63. The topological polar surface area (TPSA) is 67.6 Å². The van der Waals surface area contributed by atoms with Crippen molar-refractivity contribution in [2.24, 2.45) is 0 Å². The SMILES string of the molecule is CSc1ncnc2c1ccn2[C@H]1O[C@H](CO[Si](C)(C)C(C)(C)C)[C@H]2OC(C)(C)O[C@H]21. The normalized spacial score (nSPS) is 28.9. The minimum absolute atomic E-state index is 0.137. The van der Waals surface area contributed by atoms with E-state index in [1.807, 2.05) is 36.9 Å². The molecule has 9 heteroatoms. The fourth-order valence-electron chi connectivity index (χ4n) is 3.84. The van der Waals surface area contributed by atoms with E-state index in [0.29, 0.717) is 6.61 Å². The second-order valence-corrected chi connectivity index (χ2v) is 15.6. The predicted molar refractivity (Wildman–Crippen MR) is 120 cm³/mol. The molecule has 0 unspecified atom stereocenters. The highest BCUT2D eigenvalue weighted by atomic mass is 32.2. The molecule has 2 aromatic rings. The number of hydrogen-bond acceptors (Lipinski definition) is 7. The van der Waals surface area contributed by atoms with Crippen LogP contribution in [-0.4, -0.2) is 59.8 Å². The minimum atomic E-state index is -1.90. The van der Waals surface area contributed by atoms with Crippen molar-refractivity contribution < 1.29 is 18.6 Å². The van der Waals surface area contributed by atoms with Gasteiger partial charge in [0.25, 0.3) is 0 Å². The Morgan fingerprint density at radius 3 is 2.57 bits per heavy atom. The summed E-state index contributed by atoms with van der Waals surface area (Å²) in [5, 5.41) is 2.11. The van der Waals surface area contributed by atoms with Gasteiger partial charge in [0.1, 0.15) is 35.3 Å². The van der Waals surface area contributed by atoms with E-state index in [0.717, 1.165) is 16.1 Å². The summed E-state index contributed by atoms with van der Waals surface area (Å²) in [6, 6.07) is 2.04. The highest BCUT2D eigenvalue weighted by Crippen LogP contribution is 2.45. The van der Waals surface area contributed by atoms with Gasteiger partial charge >= 0.3 is 0 Å². The molecule has 2 fully saturated rings. The Morgan fingerprint density at radius 2 is 1.90 bits per heavy atom. The monoisotopic (exact) mass is 451 g/mol. The third kappa shape index (κ3) is 3.84. The largest absolute Gasteiger partial charge is 0.414 e. The fourth-order valence-corrected chi connectivity index (χ4v) is 5.39. The molecule has 0 saturated carbocycles. The predicted octanol–water partition coefficient (Wildman–Crippen LogP) is 4.59. The van der Waals surface area contributed by atoms with Crippen LogP contribution in [0.2, 0.25) is 18.1 Å². The van der Waals surface area contributed by atoms with Crippen LogP contribution in [0.1, 0.15) is 40.8 Å². The van der Waals surface area contributed by atoms with Gasteiger partial charge in [0.05, 0.1) is 12.0 Å². The van der Waals surface area contributed by atoms with Crippen molar-refractivity contribution in [3.8, 4) is 0 Å². The lowest BCUT2D eigenvalue weighted by Crippen LogP contribution is -2.44. The number of fused-ring (bicyclic) bond motifs is 2. The maximum atomic E-state index is 6.50. The van der Waals surface area contributed by atoms with Gasteiger partial charge in [0.15, 0.2) is 20.3 Å². The molecular weight excluding hydrogens is 418 g/mol. The van der Waals surface area contributed by atoms with E-state index in [1.54, 1.807) is 18.1 Å². The van der Waals surface area contributed by atoms with Gasteiger partial charge in [-0.15, -0.1) is 11.8 Å². The van der Waals surface area contributed by atoms with Crippen molar-refractivity contribution in [2.45, 2.75) is 88.1 Å². The van der Waals surface area contributed by atoms with Gasteiger partial charge in [-0.1, -0.05) is 20.8 Å². The van der Waals surface area contributed by atoms with Gasteiger partial charge < -0.3 is 23.2 Å². The van der Waals surface area contributed by atoms with E-state index in [2.05, 4.69) is 43.8 Å². The quantitative estimate of drug-likeness (QED) is 0.374. The van der Waals surface area contributed by atoms with Crippen LogP contribution in [-0.2, 0) is 18.6 Å². The van der Waals surface area contributed by atoms with Crippen LogP contribution in [0.25, 0.3) is 11.0 Å². The lowest BCUT2D eigenvalue weighted by molar-refractivity contribution is -0.199. The van der Waals surface area contributed by atoms with Crippen LogP contribution in [0, 0.1) is 0 Å². The maximum Gasteiger partial charge on any atom is 0.192 e. The smallest absolute Gasteiger partial charge is 0.192 e.